The van der Waals surface area contributed by atoms with E-state index in [4.69, 9.17) is 17.3 Å². The molecule has 0 aliphatic carbocycles. The number of H-pyrrole nitrogens is 1. The summed E-state index contributed by atoms with van der Waals surface area (Å²) in [7, 11) is 0. The fourth-order valence-corrected chi connectivity index (χ4v) is 1.38. The van der Waals surface area contributed by atoms with Crippen LogP contribution in [-0.2, 0) is 6.54 Å². The van der Waals surface area contributed by atoms with Crippen molar-refractivity contribution in [2.45, 2.75) is 6.54 Å². The molecule has 68 valence electrons. The summed E-state index contributed by atoms with van der Waals surface area (Å²) in [5.74, 6) is -0.548. The number of hydrogen-bond donors (Lipinski definition) is 2. The van der Waals surface area contributed by atoms with Crippen LogP contribution in [0.5, 0.6) is 0 Å². The van der Waals surface area contributed by atoms with Crippen molar-refractivity contribution in [2.75, 3.05) is 0 Å². The van der Waals surface area contributed by atoms with Crippen molar-refractivity contribution in [1.82, 2.24) is 9.97 Å². The van der Waals surface area contributed by atoms with E-state index in [0.717, 1.165) is 0 Å². The fraction of sp³-hybridized carbons (Fsp3) is 0.125. The molecule has 0 aromatic carbocycles. The third-order valence-electron chi connectivity index (χ3n) is 1.86. The molecule has 0 atom stereocenters. The summed E-state index contributed by atoms with van der Waals surface area (Å²) in [4.78, 5) is 6.44. The van der Waals surface area contributed by atoms with Crippen molar-refractivity contribution in [1.29, 1.82) is 0 Å². The van der Waals surface area contributed by atoms with Crippen LogP contribution in [0.2, 0.25) is 5.02 Å². The summed E-state index contributed by atoms with van der Waals surface area (Å²) in [6.45, 7) is 0.121. The SMILES string of the molecule is NCc1cc2c(Cl)c[nH]c2nc1F. The van der Waals surface area contributed by atoms with Gasteiger partial charge >= 0.3 is 0 Å². The number of pyridine rings is 1. The largest absolute Gasteiger partial charge is 0.345 e. The van der Waals surface area contributed by atoms with Gasteiger partial charge in [0.2, 0.25) is 5.95 Å². The summed E-state index contributed by atoms with van der Waals surface area (Å²) >= 11 is 5.82. The second kappa shape index (κ2) is 2.97. The molecule has 0 amide bonds. The number of aromatic amines is 1. The smallest absolute Gasteiger partial charge is 0.219 e. The van der Waals surface area contributed by atoms with Crippen LogP contribution in [0.3, 0.4) is 0 Å². The first kappa shape index (κ1) is 8.47. The topological polar surface area (TPSA) is 54.7 Å². The second-order valence-corrected chi connectivity index (χ2v) is 3.08. The van der Waals surface area contributed by atoms with Gasteiger partial charge in [0.15, 0.2) is 0 Å². The van der Waals surface area contributed by atoms with E-state index >= 15 is 0 Å². The number of aromatic nitrogens is 2. The van der Waals surface area contributed by atoms with Crippen molar-refractivity contribution in [3.63, 3.8) is 0 Å². The third kappa shape index (κ3) is 1.28. The Labute approximate surface area is 78.7 Å². The number of fused-ring (bicyclic) bond motifs is 1. The minimum absolute atomic E-state index is 0.121. The molecule has 0 saturated carbocycles. The van der Waals surface area contributed by atoms with Crippen LogP contribution in [0.15, 0.2) is 12.3 Å². The van der Waals surface area contributed by atoms with E-state index in [2.05, 4.69) is 9.97 Å². The molecule has 2 rings (SSSR count). The van der Waals surface area contributed by atoms with Crippen LogP contribution in [-0.4, -0.2) is 9.97 Å². The predicted octanol–water partition coefficient (Wildman–Crippen LogP) is 1.81. The molecule has 2 aromatic heterocycles. The molecule has 0 aliphatic rings. The lowest BCUT2D eigenvalue weighted by atomic mass is 10.2. The number of nitrogens with two attached hydrogens (primary N) is 1. The second-order valence-electron chi connectivity index (χ2n) is 2.68. The van der Waals surface area contributed by atoms with Crippen molar-refractivity contribution < 1.29 is 4.39 Å². The van der Waals surface area contributed by atoms with Gasteiger partial charge in [-0.3, -0.25) is 0 Å². The van der Waals surface area contributed by atoms with Gasteiger partial charge in [0, 0.05) is 23.7 Å². The molecule has 0 radical (unpaired) electrons. The molecule has 0 bridgehead atoms. The van der Waals surface area contributed by atoms with Crippen LogP contribution >= 0.6 is 11.6 Å². The highest BCUT2D eigenvalue weighted by Crippen LogP contribution is 2.23. The Morgan fingerprint density at radius 2 is 2.38 bits per heavy atom. The first-order valence-corrected chi connectivity index (χ1v) is 4.12. The number of rotatable bonds is 1. The van der Waals surface area contributed by atoms with E-state index in [9.17, 15) is 4.39 Å². The lowest BCUT2D eigenvalue weighted by molar-refractivity contribution is 0.572. The zero-order valence-corrected chi connectivity index (χ0v) is 7.40. The monoisotopic (exact) mass is 199 g/mol. The molecule has 2 aromatic rings. The van der Waals surface area contributed by atoms with Crippen LogP contribution in [0.1, 0.15) is 5.56 Å². The Morgan fingerprint density at radius 3 is 3.08 bits per heavy atom. The molecule has 3 N–H and O–H groups in total. The maximum atomic E-state index is 13.1. The van der Waals surface area contributed by atoms with Gasteiger partial charge in [-0.2, -0.15) is 4.39 Å². The number of halogens is 2. The molecule has 3 nitrogen and oxygen atoms in total. The van der Waals surface area contributed by atoms with E-state index in [-0.39, 0.29) is 6.54 Å². The molecule has 0 spiro atoms. The molecule has 0 saturated heterocycles. The number of nitrogens with zero attached hydrogens (tertiary/aromatic N) is 1. The standard InChI is InChI=1S/C8H7ClFN3/c9-6-3-12-8-5(6)1-4(2-11)7(10)13-8/h1,3H,2,11H2,(H,12,13). The molecule has 13 heavy (non-hydrogen) atoms. The highest BCUT2D eigenvalue weighted by Gasteiger charge is 2.08. The zero-order valence-electron chi connectivity index (χ0n) is 6.64. The Balaban J connectivity index is 2.77. The summed E-state index contributed by atoms with van der Waals surface area (Å²) < 4.78 is 13.1. The van der Waals surface area contributed by atoms with E-state index in [1.54, 1.807) is 12.3 Å². The maximum Gasteiger partial charge on any atom is 0.219 e. The number of nitrogens with one attached hydrogen (secondary N) is 1. The molecule has 5 heteroatoms. The van der Waals surface area contributed by atoms with Gasteiger partial charge in [0.1, 0.15) is 5.65 Å². The van der Waals surface area contributed by atoms with E-state index in [1.165, 1.54) is 0 Å². The molecular weight excluding hydrogens is 193 g/mol. The van der Waals surface area contributed by atoms with Crippen molar-refractivity contribution in [3.8, 4) is 0 Å². The van der Waals surface area contributed by atoms with Crippen LogP contribution < -0.4 is 5.73 Å². The van der Waals surface area contributed by atoms with Gasteiger partial charge in [0.05, 0.1) is 5.02 Å². The minimum Gasteiger partial charge on any atom is -0.345 e. The van der Waals surface area contributed by atoms with E-state index in [0.29, 0.717) is 21.6 Å². The summed E-state index contributed by atoms with van der Waals surface area (Å²) in [6, 6.07) is 1.61. The lowest BCUT2D eigenvalue weighted by Crippen LogP contribution is -2.01. The normalized spacial score (nSPS) is 11.0. The van der Waals surface area contributed by atoms with Gasteiger partial charge in [-0.25, -0.2) is 4.98 Å². The van der Waals surface area contributed by atoms with E-state index in [1.807, 2.05) is 0 Å². The molecule has 0 fully saturated rings. The van der Waals surface area contributed by atoms with Crippen LogP contribution in [0.4, 0.5) is 4.39 Å². The van der Waals surface area contributed by atoms with Gasteiger partial charge in [-0.05, 0) is 6.07 Å². The first-order valence-electron chi connectivity index (χ1n) is 3.74. The third-order valence-corrected chi connectivity index (χ3v) is 2.17. The quantitative estimate of drug-likeness (QED) is 0.689. The van der Waals surface area contributed by atoms with Gasteiger partial charge in [0.25, 0.3) is 0 Å². The van der Waals surface area contributed by atoms with Crippen molar-refractivity contribution in [2.24, 2.45) is 5.73 Å². The Morgan fingerprint density at radius 1 is 1.62 bits per heavy atom. The predicted molar refractivity (Wildman–Crippen MR) is 49.0 cm³/mol. The highest BCUT2D eigenvalue weighted by atomic mass is 35.5. The Hall–Kier alpha value is -1.13. The van der Waals surface area contributed by atoms with Crippen LogP contribution in [0.25, 0.3) is 11.0 Å². The molecule has 0 unspecified atom stereocenters. The Kier molecular flexibility index (Phi) is 1.94. The average molecular weight is 200 g/mol. The highest BCUT2D eigenvalue weighted by molar-refractivity contribution is 6.35. The summed E-state index contributed by atoms with van der Waals surface area (Å²) in [5.41, 5.74) is 6.14. The molecule has 2 heterocycles. The fourth-order valence-electron chi connectivity index (χ4n) is 1.18. The zero-order chi connectivity index (χ0) is 9.42. The van der Waals surface area contributed by atoms with Crippen molar-refractivity contribution in [3.05, 3.63) is 28.8 Å². The Bertz CT molecular complexity index is 452. The average Bonchev–Trinajstić information content (AvgIpc) is 2.46. The van der Waals surface area contributed by atoms with Crippen molar-refractivity contribution >= 4 is 22.6 Å². The summed E-state index contributed by atoms with van der Waals surface area (Å²) in [6.07, 6.45) is 1.57. The maximum absolute atomic E-state index is 13.1. The minimum atomic E-state index is -0.548. The van der Waals surface area contributed by atoms with E-state index < -0.39 is 5.95 Å². The molecular formula is C8H7ClFN3. The first-order chi connectivity index (χ1) is 6.22. The van der Waals surface area contributed by atoms with Gasteiger partial charge < -0.3 is 10.7 Å². The van der Waals surface area contributed by atoms with Gasteiger partial charge in [-0.1, -0.05) is 11.6 Å². The number of hydrogen-bond acceptors (Lipinski definition) is 2. The lowest BCUT2D eigenvalue weighted by Gasteiger charge is -1.98. The van der Waals surface area contributed by atoms with Crippen LogP contribution in [0, 0.1) is 5.95 Å². The summed E-state index contributed by atoms with van der Waals surface area (Å²) in [5, 5.41) is 1.22. The van der Waals surface area contributed by atoms with Gasteiger partial charge in [-0.15, -0.1) is 0 Å². The molecule has 0 aliphatic heterocycles.